The fraction of sp³-hybridized carbons (Fsp3) is 0.417. The third-order valence-corrected chi connectivity index (χ3v) is 5.76. The Morgan fingerprint density at radius 3 is 2.06 bits per heavy atom. The maximum atomic E-state index is 14.1. The molecule has 3 rings (SSSR count). The molecule has 0 spiro atoms. The fourth-order valence-electron chi connectivity index (χ4n) is 3.95. The summed E-state index contributed by atoms with van der Waals surface area (Å²) in [6.07, 6.45) is -3.23. The maximum absolute atomic E-state index is 14.1. The summed E-state index contributed by atoms with van der Waals surface area (Å²) in [5, 5.41) is 0. The Labute approximate surface area is 177 Å². The van der Waals surface area contributed by atoms with Gasteiger partial charge in [0.1, 0.15) is 5.82 Å². The smallest absolute Gasteiger partial charge is 0.315 e. The van der Waals surface area contributed by atoms with Gasteiger partial charge in [-0.1, -0.05) is 36.4 Å². The molecule has 0 radical (unpaired) electrons. The SMILES string of the molecule is C=CC1CCC(c2ccc(COC(F)(F)Cc3ccc(C(F)(F)F)c(F)c3)cc2)CC1. The van der Waals surface area contributed by atoms with Crippen LogP contribution in [0.25, 0.3) is 0 Å². The van der Waals surface area contributed by atoms with E-state index < -0.39 is 30.1 Å². The first-order valence-corrected chi connectivity index (χ1v) is 10.2. The molecule has 168 valence electrons. The Bertz CT molecular complexity index is 880. The van der Waals surface area contributed by atoms with Gasteiger partial charge < -0.3 is 4.74 Å². The predicted octanol–water partition coefficient (Wildman–Crippen LogP) is 7.66. The molecule has 0 atom stereocenters. The zero-order valence-corrected chi connectivity index (χ0v) is 16.9. The van der Waals surface area contributed by atoms with Crippen LogP contribution in [0.2, 0.25) is 0 Å². The molecular weight excluding hydrogens is 418 g/mol. The molecule has 2 aromatic carbocycles. The van der Waals surface area contributed by atoms with Gasteiger partial charge in [-0.15, -0.1) is 6.58 Å². The van der Waals surface area contributed by atoms with Crippen molar-refractivity contribution < 1.29 is 31.1 Å². The molecule has 1 nitrogen and oxygen atoms in total. The zero-order valence-electron chi connectivity index (χ0n) is 16.9. The van der Waals surface area contributed by atoms with Crippen LogP contribution in [-0.4, -0.2) is 6.11 Å². The topological polar surface area (TPSA) is 9.23 Å². The monoisotopic (exact) mass is 442 g/mol. The van der Waals surface area contributed by atoms with E-state index >= 15 is 0 Å². The molecular formula is C24H24F6O. The Morgan fingerprint density at radius 2 is 1.52 bits per heavy atom. The van der Waals surface area contributed by atoms with Gasteiger partial charge in [0.05, 0.1) is 18.6 Å². The van der Waals surface area contributed by atoms with Crippen LogP contribution >= 0.6 is 0 Å². The second kappa shape index (κ2) is 9.47. The minimum atomic E-state index is -4.88. The zero-order chi connectivity index (χ0) is 22.6. The molecule has 0 N–H and O–H groups in total. The van der Waals surface area contributed by atoms with Gasteiger partial charge in [-0.25, -0.2) is 4.39 Å². The van der Waals surface area contributed by atoms with Crippen LogP contribution in [0.1, 0.15) is 53.9 Å². The quantitative estimate of drug-likeness (QED) is 0.316. The van der Waals surface area contributed by atoms with Crippen LogP contribution in [0, 0.1) is 11.7 Å². The molecule has 2 aromatic rings. The summed E-state index contributed by atoms with van der Waals surface area (Å²) >= 11 is 0. The van der Waals surface area contributed by atoms with Gasteiger partial charge in [0.15, 0.2) is 0 Å². The van der Waals surface area contributed by atoms with Crippen LogP contribution in [-0.2, 0) is 23.9 Å². The number of hydrogen-bond donors (Lipinski definition) is 0. The van der Waals surface area contributed by atoms with E-state index in [9.17, 15) is 26.3 Å². The van der Waals surface area contributed by atoms with Crippen molar-refractivity contribution in [1.29, 1.82) is 0 Å². The van der Waals surface area contributed by atoms with E-state index in [1.165, 1.54) is 5.56 Å². The van der Waals surface area contributed by atoms with Crippen LogP contribution < -0.4 is 0 Å². The van der Waals surface area contributed by atoms with Gasteiger partial charge in [-0.2, -0.15) is 22.0 Å². The molecule has 0 aliphatic heterocycles. The van der Waals surface area contributed by atoms with Crippen LogP contribution in [0.3, 0.4) is 0 Å². The second-order valence-corrected chi connectivity index (χ2v) is 8.00. The molecule has 0 heterocycles. The van der Waals surface area contributed by atoms with Crippen molar-refractivity contribution in [1.82, 2.24) is 0 Å². The largest absolute Gasteiger partial charge is 0.419 e. The van der Waals surface area contributed by atoms with Crippen molar-refractivity contribution in [2.24, 2.45) is 5.92 Å². The molecule has 0 amide bonds. The number of allylic oxidation sites excluding steroid dienone is 1. The number of halogens is 6. The summed E-state index contributed by atoms with van der Waals surface area (Å²) in [7, 11) is 0. The van der Waals surface area contributed by atoms with E-state index in [0.717, 1.165) is 31.7 Å². The lowest BCUT2D eigenvalue weighted by Crippen LogP contribution is -2.24. The molecule has 0 bridgehead atoms. The standard InChI is InChI=1S/C24H24F6O/c1-2-16-3-8-19(9-4-16)20-10-5-17(6-11-20)15-31-23(26,27)14-18-7-12-21(22(25)13-18)24(28,29)30/h2,5-7,10-13,16,19H,1,3-4,8-9,14-15H2. The highest BCUT2D eigenvalue weighted by Gasteiger charge is 2.35. The summed E-state index contributed by atoms with van der Waals surface area (Å²) in [6.45, 7) is 3.48. The summed E-state index contributed by atoms with van der Waals surface area (Å²) in [6, 6.07) is 9.07. The van der Waals surface area contributed by atoms with Crippen LogP contribution in [0.15, 0.2) is 55.1 Å². The Hall–Kier alpha value is -2.28. The molecule has 0 saturated heterocycles. The first-order valence-electron chi connectivity index (χ1n) is 10.2. The lowest BCUT2D eigenvalue weighted by Gasteiger charge is -2.27. The van der Waals surface area contributed by atoms with Crippen LogP contribution in [0.4, 0.5) is 26.3 Å². The second-order valence-electron chi connectivity index (χ2n) is 8.00. The Balaban J connectivity index is 1.55. The van der Waals surface area contributed by atoms with Crippen molar-refractivity contribution in [3.8, 4) is 0 Å². The highest BCUT2D eigenvalue weighted by atomic mass is 19.4. The van der Waals surface area contributed by atoms with Gasteiger partial charge in [0, 0.05) is 0 Å². The van der Waals surface area contributed by atoms with E-state index in [4.69, 9.17) is 0 Å². The van der Waals surface area contributed by atoms with Crippen molar-refractivity contribution >= 4 is 0 Å². The molecule has 7 heteroatoms. The third-order valence-electron chi connectivity index (χ3n) is 5.76. The van der Waals surface area contributed by atoms with E-state index in [0.29, 0.717) is 29.5 Å². The number of alkyl halides is 5. The molecule has 0 aromatic heterocycles. The van der Waals surface area contributed by atoms with Gasteiger partial charge in [-0.3, -0.25) is 0 Å². The van der Waals surface area contributed by atoms with Crippen molar-refractivity contribution in [2.75, 3.05) is 0 Å². The first-order chi connectivity index (χ1) is 14.6. The van der Waals surface area contributed by atoms with Crippen molar-refractivity contribution in [2.45, 2.75) is 56.9 Å². The highest BCUT2D eigenvalue weighted by Crippen LogP contribution is 2.36. The average molecular weight is 442 g/mol. The maximum Gasteiger partial charge on any atom is 0.419 e. The van der Waals surface area contributed by atoms with Gasteiger partial charge in [0.2, 0.25) is 0 Å². The van der Waals surface area contributed by atoms with E-state index in [1.54, 1.807) is 12.1 Å². The summed E-state index contributed by atoms with van der Waals surface area (Å²) in [5.41, 5.74) is -0.0421. The van der Waals surface area contributed by atoms with E-state index in [2.05, 4.69) is 11.3 Å². The average Bonchev–Trinajstić information content (AvgIpc) is 2.71. The first kappa shape index (κ1) is 23.4. The predicted molar refractivity (Wildman–Crippen MR) is 106 cm³/mol. The highest BCUT2D eigenvalue weighted by molar-refractivity contribution is 5.27. The fourth-order valence-corrected chi connectivity index (χ4v) is 3.95. The minimum absolute atomic E-state index is 0.277. The van der Waals surface area contributed by atoms with Crippen LogP contribution in [0.5, 0.6) is 0 Å². The molecule has 1 aliphatic rings. The lowest BCUT2D eigenvalue weighted by molar-refractivity contribution is -0.244. The van der Waals surface area contributed by atoms with Gasteiger partial charge in [0.25, 0.3) is 0 Å². The van der Waals surface area contributed by atoms with Gasteiger partial charge in [-0.05, 0) is 66.3 Å². The Morgan fingerprint density at radius 1 is 0.903 bits per heavy atom. The summed E-state index contributed by atoms with van der Waals surface area (Å²) in [4.78, 5) is 0. The molecule has 1 aliphatic carbocycles. The summed E-state index contributed by atoms with van der Waals surface area (Å²) in [5.74, 6) is -0.579. The van der Waals surface area contributed by atoms with E-state index in [1.807, 2.05) is 18.2 Å². The number of benzene rings is 2. The normalized spacial score (nSPS) is 19.9. The molecule has 1 saturated carbocycles. The van der Waals surface area contributed by atoms with Crippen molar-refractivity contribution in [3.05, 3.63) is 83.2 Å². The molecule has 0 unspecified atom stereocenters. The van der Waals surface area contributed by atoms with E-state index in [-0.39, 0.29) is 12.2 Å². The lowest BCUT2D eigenvalue weighted by atomic mass is 9.79. The molecule has 1 fully saturated rings. The van der Waals surface area contributed by atoms with Crippen molar-refractivity contribution in [3.63, 3.8) is 0 Å². The number of rotatable bonds is 7. The number of hydrogen-bond acceptors (Lipinski definition) is 1. The minimum Gasteiger partial charge on any atom is -0.315 e. The summed E-state index contributed by atoms with van der Waals surface area (Å²) < 4.78 is 84.3. The third kappa shape index (κ3) is 6.35. The van der Waals surface area contributed by atoms with Gasteiger partial charge >= 0.3 is 12.3 Å². The number of ether oxygens (including phenoxy) is 1. The molecule has 31 heavy (non-hydrogen) atoms. The Kier molecular flexibility index (Phi) is 7.14.